The summed E-state index contributed by atoms with van der Waals surface area (Å²) in [5.41, 5.74) is 17.9. The molecule has 0 nitrogen and oxygen atoms in total. The van der Waals surface area contributed by atoms with Crippen LogP contribution in [0.1, 0.15) is 94.2 Å². The summed E-state index contributed by atoms with van der Waals surface area (Å²) in [7, 11) is 0. The van der Waals surface area contributed by atoms with Crippen LogP contribution in [0.5, 0.6) is 0 Å². The Morgan fingerprint density at radius 3 is 1.33 bits per heavy atom. The SMILES string of the molecule is CC(C)(C)c1cccc(-c2cccc3c2C=C(C2(C4=Cc5c(cccc5-c5cccc(C(C)(C)C)c5)C4)CCC2)C3)c1. The van der Waals surface area contributed by atoms with Crippen LogP contribution in [0.2, 0.25) is 0 Å². The molecule has 0 aromatic heterocycles. The minimum absolute atomic E-state index is 0.141. The van der Waals surface area contributed by atoms with E-state index < -0.39 is 0 Å². The van der Waals surface area contributed by atoms with E-state index in [1.807, 2.05) is 0 Å². The lowest BCUT2D eigenvalue weighted by molar-refractivity contribution is 0.235. The molecule has 3 aliphatic rings. The van der Waals surface area contributed by atoms with Gasteiger partial charge in [0.2, 0.25) is 0 Å². The standard InChI is InChI=1S/C42H44/c1-40(2,3)32-16-7-12-28(22-32)36-18-9-14-30-24-34(26-38(30)36)42(20-11-21-42)35-25-31-15-10-19-37(39(31)27-35)29-13-8-17-33(23-29)41(4,5)6/h7-10,12-19,22-23,26-27H,11,20-21,24-25H2,1-6H3. The Morgan fingerprint density at radius 2 is 0.952 bits per heavy atom. The number of hydrogen-bond acceptors (Lipinski definition) is 0. The fraction of sp³-hybridized carbons (Fsp3) is 0.333. The molecule has 7 rings (SSSR count). The van der Waals surface area contributed by atoms with E-state index in [1.165, 1.54) is 74.9 Å². The lowest BCUT2D eigenvalue weighted by Crippen LogP contribution is -2.34. The number of benzene rings is 4. The van der Waals surface area contributed by atoms with Gasteiger partial charge >= 0.3 is 0 Å². The van der Waals surface area contributed by atoms with E-state index in [9.17, 15) is 0 Å². The van der Waals surface area contributed by atoms with Gasteiger partial charge in [0.1, 0.15) is 0 Å². The molecule has 212 valence electrons. The molecule has 0 unspecified atom stereocenters. The molecule has 4 aromatic rings. The van der Waals surface area contributed by atoms with Gasteiger partial charge in [-0.1, -0.05) is 156 Å². The lowest BCUT2D eigenvalue weighted by Gasteiger charge is -2.45. The Labute approximate surface area is 253 Å². The van der Waals surface area contributed by atoms with Gasteiger partial charge in [0, 0.05) is 5.41 Å². The van der Waals surface area contributed by atoms with Gasteiger partial charge in [0.05, 0.1) is 0 Å². The maximum Gasteiger partial charge on any atom is 0.0134 e. The summed E-state index contributed by atoms with van der Waals surface area (Å²) in [6.07, 6.45) is 11.2. The Balaban J connectivity index is 1.26. The highest BCUT2D eigenvalue weighted by atomic mass is 14.5. The van der Waals surface area contributed by atoms with E-state index >= 15 is 0 Å². The normalized spacial score (nSPS) is 17.3. The summed E-state index contributed by atoms with van der Waals surface area (Å²) < 4.78 is 0. The van der Waals surface area contributed by atoms with Crippen LogP contribution in [-0.4, -0.2) is 0 Å². The molecular weight excluding hydrogens is 504 g/mol. The molecule has 0 amide bonds. The van der Waals surface area contributed by atoms with Gasteiger partial charge in [-0.15, -0.1) is 0 Å². The predicted molar refractivity (Wildman–Crippen MR) is 181 cm³/mol. The quantitative estimate of drug-likeness (QED) is 0.238. The van der Waals surface area contributed by atoms with Crippen molar-refractivity contribution in [2.75, 3.05) is 0 Å². The maximum atomic E-state index is 2.59. The third-order valence-corrected chi connectivity index (χ3v) is 10.3. The molecule has 0 spiro atoms. The largest absolute Gasteiger partial charge is 0.0614 e. The predicted octanol–water partition coefficient (Wildman–Crippen LogP) is 11.4. The summed E-state index contributed by atoms with van der Waals surface area (Å²) in [5, 5.41) is 0. The van der Waals surface area contributed by atoms with Crippen molar-refractivity contribution in [3.63, 3.8) is 0 Å². The maximum absolute atomic E-state index is 2.59. The van der Waals surface area contributed by atoms with E-state index in [2.05, 4.69) is 139 Å². The van der Waals surface area contributed by atoms with E-state index in [1.54, 1.807) is 11.1 Å². The van der Waals surface area contributed by atoms with Gasteiger partial charge in [-0.05, 0) is 92.1 Å². The molecule has 42 heavy (non-hydrogen) atoms. The van der Waals surface area contributed by atoms with Gasteiger partial charge in [-0.2, -0.15) is 0 Å². The smallest absolute Gasteiger partial charge is 0.0134 e. The van der Waals surface area contributed by atoms with Crippen molar-refractivity contribution in [3.8, 4) is 22.3 Å². The molecule has 0 heterocycles. The molecule has 0 N–H and O–H groups in total. The van der Waals surface area contributed by atoms with Crippen LogP contribution in [0.4, 0.5) is 0 Å². The van der Waals surface area contributed by atoms with Crippen LogP contribution in [0.25, 0.3) is 34.4 Å². The zero-order valence-electron chi connectivity index (χ0n) is 26.3. The number of allylic oxidation sites excluding steroid dienone is 2. The van der Waals surface area contributed by atoms with Crippen molar-refractivity contribution in [2.24, 2.45) is 5.41 Å². The molecule has 1 saturated carbocycles. The minimum Gasteiger partial charge on any atom is -0.0614 e. The van der Waals surface area contributed by atoms with Crippen molar-refractivity contribution in [1.82, 2.24) is 0 Å². The van der Waals surface area contributed by atoms with Gasteiger partial charge in [0.25, 0.3) is 0 Å². The van der Waals surface area contributed by atoms with E-state index in [0.29, 0.717) is 0 Å². The topological polar surface area (TPSA) is 0 Å². The first-order valence-electron chi connectivity index (χ1n) is 15.9. The first-order chi connectivity index (χ1) is 20.0. The molecule has 1 fully saturated rings. The highest BCUT2D eigenvalue weighted by molar-refractivity contribution is 5.85. The van der Waals surface area contributed by atoms with Gasteiger partial charge in [-0.25, -0.2) is 0 Å². The highest BCUT2D eigenvalue weighted by Crippen LogP contribution is 2.59. The summed E-state index contributed by atoms with van der Waals surface area (Å²) in [5.74, 6) is 0. The zero-order valence-corrected chi connectivity index (χ0v) is 26.3. The van der Waals surface area contributed by atoms with Crippen molar-refractivity contribution in [1.29, 1.82) is 0 Å². The monoisotopic (exact) mass is 548 g/mol. The molecule has 0 heteroatoms. The summed E-state index contributed by atoms with van der Waals surface area (Å²) in [6.45, 7) is 13.8. The summed E-state index contributed by atoms with van der Waals surface area (Å²) >= 11 is 0. The Kier molecular flexibility index (Phi) is 6.28. The van der Waals surface area contributed by atoms with Crippen LogP contribution in [0, 0.1) is 5.41 Å². The minimum atomic E-state index is 0.141. The van der Waals surface area contributed by atoms with Crippen LogP contribution in [-0.2, 0) is 23.7 Å². The van der Waals surface area contributed by atoms with Gasteiger partial charge < -0.3 is 0 Å². The molecule has 0 saturated heterocycles. The average molecular weight is 549 g/mol. The van der Waals surface area contributed by atoms with E-state index in [0.717, 1.165) is 12.8 Å². The van der Waals surface area contributed by atoms with Crippen molar-refractivity contribution in [3.05, 3.63) is 129 Å². The average Bonchev–Trinajstić information content (AvgIpc) is 3.56. The third-order valence-electron chi connectivity index (χ3n) is 10.3. The molecular formula is C42H44. The van der Waals surface area contributed by atoms with Gasteiger partial charge in [0.15, 0.2) is 0 Å². The Hall–Kier alpha value is -3.64. The lowest BCUT2D eigenvalue weighted by atomic mass is 9.59. The van der Waals surface area contributed by atoms with Crippen LogP contribution in [0.3, 0.4) is 0 Å². The van der Waals surface area contributed by atoms with Crippen LogP contribution in [0.15, 0.2) is 96.1 Å². The molecule has 0 bridgehead atoms. The Bertz CT molecular complexity index is 1630. The molecule has 0 atom stereocenters. The van der Waals surface area contributed by atoms with Crippen molar-refractivity contribution in [2.45, 2.75) is 84.5 Å². The van der Waals surface area contributed by atoms with Crippen LogP contribution >= 0.6 is 0 Å². The second kappa shape index (κ2) is 9.70. The summed E-state index contributed by atoms with van der Waals surface area (Å²) in [6, 6.07) is 32.3. The second-order valence-corrected chi connectivity index (χ2v) is 15.0. The molecule has 4 aromatic carbocycles. The molecule has 0 radical (unpaired) electrons. The fourth-order valence-corrected chi connectivity index (χ4v) is 7.54. The fourth-order valence-electron chi connectivity index (χ4n) is 7.54. The van der Waals surface area contributed by atoms with Crippen molar-refractivity contribution < 1.29 is 0 Å². The van der Waals surface area contributed by atoms with Gasteiger partial charge in [-0.3, -0.25) is 0 Å². The first kappa shape index (κ1) is 27.2. The summed E-state index contributed by atoms with van der Waals surface area (Å²) in [4.78, 5) is 0. The second-order valence-electron chi connectivity index (χ2n) is 15.0. The highest BCUT2D eigenvalue weighted by Gasteiger charge is 2.46. The molecule has 0 aliphatic heterocycles. The number of fused-ring (bicyclic) bond motifs is 2. The number of rotatable bonds is 4. The number of hydrogen-bond donors (Lipinski definition) is 0. The van der Waals surface area contributed by atoms with Crippen LogP contribution < -0.4 is 0 Å². The van der Waals surface area contributed by atoms with Crippen molar-refractivity contribution >= 4 is 12.2 Å². The third kappa shape index (κ3) is 4.51. The molecule has 3 aliphatic carbocycles. The van der Waals surface area contributed by atoms with E-state index in [-0.39, 0.29) is 16.2 Å². The zero-order chi connectivity index (χ0) is 29.3. The first-order valence-corrected chi connectivity index (χ1v) is 15.9. The van der Waals surface area contributed by atoms with E-state index in [4.69, 9.17) is 0 Å². The Morgan fingerprint density at radius 1 is 0.524 bits per heavy atom.